The lowest BCUT2D eigenvalue weighted by atomic mass is 9.48. The number of amides is 1. The molecule has 0 atom stereocenters. The molecule has 0 aliphatic heterocycles. The molecule has 4 saturated carbocycles. The van der Waals surface area contributed by atoms with Crippen LogP contribution < -0.4 is 10.5 Å². The molecule has 0 radical (unpaired) electrons. The second-order valence-electron chi connectivity index (χ2n) is 9.84. The van der Waals surface area contributed by atoms with Crippen LogP contribution in [0.4, 0.5) is 0 Å². The van der Waals surface area contributed by atoms with E-state index in [1.54, 1.807) is 6.07 Å². The first-order valence-electron chi connectivity index (χ1n) is 11.2. The number of benzene rings is 2. The molecule has 0 aromatic heterocycles. The Kier molecular flexibility index (Phi) is 4.85. The second kappa shape index (κ2) is 7.51. The van der Waals surface area contributed by atoms with Crippen LogP contribution in [-0.4, -0.2) is 12.5 Å². The van der Waals surface area contributed by atoms with Crippen LogP contribution in [0.25, 0.3) is 11.1 Å². The Morgan fingerprint density at radius 2 is 1.59 bits per heavy atom. The maximum Gasteiger partial charge on any atom is 0.248 e. The van der Waals surface area contributed by atoms with Crippen molar-refractivity contribution < 1.29 is 9.53 Å². The SMILES string of the molecule is NC(=O)c1cccc(-c2ccc(OCCCC34CC5CC(CC(C5)C3)C4)cc2)c1. The molecule has 0 spiro atoms. The van der Waals surface area contributed by atoms with Crippen molar-refractivity contribution in [1.29, 1.82) is 0 Å². The van der Waals surface area contributed by atoms with E-state index >= 15 is 0 Å². The lowest BCUT2D eigenvalue weighted by Crippen LogP contribution is -2.46. The van der Waals surface area contributed by atoms with Crippen LogP contribution in [-0.2, 0) is 0 Å². The second-order valence-corrected chi connectivity index (χ2v) is 9.84. The molecule has 4 aliphatic rings. The maximum absolute atomic E-state index is 11.4. The third-order valence-corrected chi connectivity index (χ3v) is 7.62. The van der Waals surface area contributed by atoms with E-state index in [4.69, 9.17) is 10.5 Å². The van der Waals surface area contributed by atoms with Gasteiger partial charge in [-0.05, 0) is 110 Å². The molecule has 4 aliphatic carbocycles. The Bertz CT molecular complexity index is 851. The topological polar surface area (TPSA) is 52.3 Å². The maximum atomic E-state index is 11.4. The molecule has 0 unspecified atom stereocenters. The molecule has 4 fully saturated rings. The number of hydrogen-bond donors (Lipinski definition) is 1. The van der Waals surface area contributed by atoms with Crippen molar-refractivity contribution >= 4 is 5.91 Å². The largest absolute Gasteiger partial charge is 0.494 e. The van der Waals surface area contributed by atoms with Crippen molar-refractivity contribution in [2.24, 2.45) is 28.9 Å². The van der Waals surface area contributed by atoms with E-state index in [0.29, 0.717) is 11.0 Å². The lowest BCUT2D eigenvalue weighted by Gasteiger charge is -2.57. The molecule has 152 valence electrons. The predicted molar refractivity (Wildman–Crippen MR) is 116 cm³/mol. The smallest absolute Gasteiger partial charge is 0.248 e. The number of nitrogens with two attached hydrogens (primary N) is 1. The molecule has 2 aromatic rings. The van der Waals surface area contributed by atoms with Gasteiger partial charge in [0.2, 0.25) is 5.91 Å². The van der Waals surface area contributed by atoms with Crippen LogP contribution in [0.3, 0.4) is 0 Å². The molecule has 2 aromatic carbocycles. The summed E-state index contributed by atoms with van der Waals surface area (Å²) in [5, 5.41) is 0. The summed E-state index contributed by atoms with van der Waals surface area (Å²) in [5.74, 6) is 3.62. The summed E-state index contributed by atoms with van der Waals surface area (Å²) < 4.78 is 6.05. The van der Waals surface area contributed by atoms with Crippen LogP contribution in [0, 0.1) is 23.2 Å². The van der Waals surface area contributed by atoms with Gasteiger partial charge in [-0.2, -0.15) is 0 Å². The van der Waals surface area contributed by atoms with Gasteiger partial charge in [-0.25, -0.2) is 0 Å². The highest BCUT2D eigenvalue weighted by Gasteiger charge is 2.50. The zero-order valence-corrected chi connectivity index (χ0v) is 17.1. The third kappa shape index (κ3) is 3.92. The Morgan fingerprint density at radius 3 is 2.21 bits per heavy atom. The summed E-state index contributed by atoms with van der Waals surface area (Å²) in [6.45, 7) is 0.804. The fraction of sp³-hybridized carbons (Fsp3) is 0.500. The molecule has 6 rings (SSSR count). The monoisotopic (exact) mass is 389 g/mol. The van der Waals surface area contributed by atoms with E-state index in [1.165, 1.54) is 44.9 Å². The highest BCUT2D eigenvalue weighted by atomic mass is 16.5. The molecular formula is C26H31NO2. The minimum absolute atomic E-state index is 0.397. The number of rotatable bonds is 7. The van der Waals surface area contributed by atoms with Crippen molar-refractivity contribution in [2.75, 3.05) is 6.61 Å². The summed E-state index contributed by atoms with van der Waals surface area (Å²) in [5.41, 5.74) is 8.63. The first-order valence-corrected chi connectivity index (χ1v) is 11.2. The lowest BCUT2D eigenvalue weighted by molar-refractivity contribution is -0.0593. The average Bonchev–Trinajstić information content (AvgIpc) is 2.71. The summed E-state index contributed by atoms with van der Waals surface area (Å²) >= 11 is 0. The quantitative estimate of drug-likeness (QED) is 0.606. The van der Waals surface area contributed by atoms with Gasteiger partial charge in [-0.3, -0.25) is 4.79 Å². The molecule has 3 heteroatoms. The van der Waals surface area contributed by atoms with Gasteiger partial charge in [0.25, 0.3) is 0 Å². The minimum atomic E-state index is -0.397. The first kappa shape index (κ1) is 18.7. The number of carbonyl (C=O) groups is 1. The van der Waals surface area contributed by atoms with Gasteiger partial charge < -0.3 is 10.5 Å². The van der Waals surface area contributed by atoms with Gasteiger partial charge in [-0.1, -0.05) is 24.3 Å². The molecule has 0 saturated heterocycles. The molecule has 2 N–H and O–H groups in total. The number of hydrogen-bond acceptors (Lipinski definition) is 2. The first-order chi connectivity index (χ1) is 14.1. The van der Waals surface area contributed by atoms with Crippen molar-refractivity contribution in [3.8, 4) is 16.9 Å². The van der Waals surface area contributed by atoms with Gasteiger partial charge in [0.05, 0.1) is 6.61 Å². The number of carbonyl (C=O) groups excluding carboxylic acids is 1. The Balaban J connectivity index is 1.14. The van der Waals surface area contributed by atoms with E-state index in [-0.39, 0.29) is 0 Å². The number of ether oxygens (including phenoxy) is 1. The minimum Gasteiger partial charge on any atom is -0.494 e. The zero-order valence-electron chi connectivity index (χ0n) is 17.1. The van der Waals surface area contributed by atoms with Gasteiger partial charge in [0.1, 0.15) is 5.75 Å². The highest BCUT2D eigenvalue weighted by Crippen LogP contribution is 2.61. The van der Waals surface area contributed by atoms with Gasteiger partial charge in [-0.15, -0.1) is 0 Å². The van der Waals surface area contributed by atoms with Gasteiger partial charge in [0.15, 0.2) is 0 Å². The third-order valence-electron chi connectivity index (χ3n) is 7.62. The Hall–Kier alpha value is -2.29. The van der Waals surface area contributed by atoms with Crippen molar-refractivity contribution in [3.05, 3.63) is 54.1 Å². The van der Waals surface area contributed by atoms with Crippen molar-refractivity contribution in [1.82, 2.24) is 0 Å². The molecule has 4 bridgehead atoms. The fourth-order valence-corrected chi connectivity index (χ4v) is 6.83. The van der Waals surface area contributed by atoms with Crippen LogP contribution in [0.2, 0.25) is 0 Å². The van der Waals surface area contributed by atoms with Crippen LogP contribution in [0.1, 0.15) is 61.7 Å². The van der Waals surface area contributed by atoms with Crippen molar-refractivity contribution in [3.63, 3.8) is 0 Å². The van der Waals surface area contributed by atoms with E-state index in [9.17, 15) is 4.79 Å². The molecular weight excluding hydrogens is 358 g/mol. The van der Waals surface area contributed by atoms with Crippen LogP contribution in [0.15, 0.2) is 48.5 Å². The predicted octanol–water partition coefficient (Wildman–Crippen LogP) is 5.83. The Labute approximate surface area is 173 Å². The van der Waals surface area contributed by atoms with Crippen LogP contribution >= 0.6 is 0 Å². The fourth-order valence-electron chi connectivity index (χ4n) is 6.83. The average molecular weight is 390 g/mol. The normalized spacial score (nSPS) is 29.7. The highest BCUT2D eigenvalue weighted by molar-refractivity contribution is 5.94. The zero-order chi connectivity index (χ0) is 19.8. The summed E-state index contributed by atoms with van der Waals surface area (Å²) in [6.07, 6.45) is 11.5. The van der Waals surface area contributed by atoms with Gasteiger partial charge >= 0.3 is 0 Å². The van der Waals surface area contributed by atoms with Gasteiger partial charge in [0, 0.05) is 5.56 Å². The number of primary amides is 1. The van der Waals surface area contributed by atoms with Crippen LogP contribution in [0.5, 0.6) is 5.75 Å². The summed E-state index contributed by atoms with van der Waals surface area (Å²) in [4.78, 5) is 11.4. The molecule has 1 amide bonds. The van der Waals surface area contributed by atoms with E-state index in [0.717, 1.165) is 47.7 Å². The van der Waals surface area contributed by atoms with E-state index in [2.05, 4.69) is 12.1 Å². The van der Waals surface area contributed by atoms with Crippen molar-refractivity contribution in [2.45, 2.75) is 51.4 Å². The standard InChI is InChI=1S/C26H31NO2/c27-25(28)23-4-1-3-22(14-23)21-5-7-24(8-6-21)29-10-2-9-26-15-18-11-19(16-26)13-20(12-18)17-26/h1,3-8,14,18-20H,2,9-13,15-17H2,(H2,27,28). The summed E-state index contributed by atoms with van der Waals surface area (Å²) in [7, 11) is 0. The molecule has 3 nitrogen and oxygen atoms in total. The molecule has 29 heavy (non-hydrogen) atoms. The van der Waals surface area contributed by atoms with E-state index < -0.39 is 5.91 Å². The van der Waals surface area contributed by atoms with E-state index in [1.807, 2.05) is 30.3 Å². The summed E-state index contributed by atoms with van der Waals surface area (Å²) in [6, 6.07) is 15.6. The Morgan fingerprint density at radius 1 is 0.931 bits per heavy atom. The molecule has 0 heterocycles.